The summed E-state index contributed by atoms with van der Waals surface area (Å²) in [5.74, 6) is 0.400. The molecular weight excluding hydrogens is 303 g/mol. The van der Waals surface area contributed by atoms with Crippen LogP contribution in [0.5, 0.6) is 0 Å². The minimum absolute atomic E-state index is 0.283. The lowest BCUT2D eigenvalue weighted by Gasteiger charge is -2.07. The van der Waals surface area contributed by atoms with Gasteiger partial charge in [0.2, 0.25) is 5.78 Å². The van der Waals surface area contributed by atoms with Crippen molar-refractivity contribution in [2.75, 3.05) is 0 Å². The van der Waals surface area contributed by atoms with Crippen molar-refractivity contribution in [2.24, 2.45) is 7.05 Å². The molecule has 24 heavy (non-hydrogen) atoms. The minimum Gasteiger partial charge on any atom is -0.303 e. The fourth-order valence-corrected chi connectivity index (χ4v) is 2.82. The molecule has 2 heterocycles. The summed E-state index contributed by atoms with van der Waals surface area (Å²) in [5.41, 5.74) is 5.36. The summed E-state index contributed by atoms with van der Waals surface area (Å²) in [7, 11) is 1.86. The molecule has 0 unspecified atom stereocenters. The second-order valence-electron chi connectivity index (χ2n) is 6.11. The van der Waals surface area contributed by atoms with Crippen LogP contribution in [0, 0.1) is 19.7 Å². The van der Waals surface area contributed by atoms with Crippen LogP contribution in [0.2, 0.25) is 0 Å². The van der Waals surface area contributed by atoms with Gasteiger partial charge in [-0.1, -0.05) is 24.3 Å². The summed E-state index contributed by atoms with van der Waals surface area (Å²) in [6, 6.07) is 11.4. The van der Waals surface area contributed by atoms with Crippen LogP contribution in [-0.4, -0.2) is 19.2 Å². The molecule has 0 spiro atoms. The summed E-state index contributed by atoms with van der Waals surface area (Å²) < 4.78 is 18.1. The average molecular weight is 320 g/mol. The SMILES string of the molecule is Cc1ccc(-c2ccc(-c3cn4ncn(C)c4n3)c(F)c2)cc1C. The Balaban J connectivity index is 1.77. The molecule has 120 valence electrons. The van der Waals surface area contributed by atoms with Crippen LogP contribution in [0.25, 0.3) is 28.2 Å². The quantitative estimate of drug-likeness (QED) is 0.556. The maximum Gasteiger partial charge on any atom is 0.232 e. The largest absolute Gasteiger partial charge is 0.303 e. The molecule has 0 N–H and O–H groups in total. The monoisotopic (exact) mass is 320 g/mol. The molecule has 0 fully saturated rings. The molecule has 4 aromatic rings. The van der Waals surface area contributed by atoms with Crippen LogP contribution in [0.3, 0.4) is 0 Å². The zero-order valence-electron chi connectivity index (χ0n) is 13.8. The first-order chi connectivity index (χ1) is 11.5. The van der Waals surface area contributed by atoms with Gasteiger partial charge < -0.3 is 4.57 Å². The Morgan fingerprint density at radius 1 is 0.958 bits per heavy atom. The van der Waals surface area contributed by atoms with Gasteiger partial charge in [-0.3, -0.25) is 0 Å². The van der Waals surface area contributed by atoms with E-state index in [0.717, 1.165) is 11.1 Å². The molecule has 0 saturated heterocycles. The Morgan fingerprint density at radius 2 is 1.71 bits per heavy atom. The standard InChI is InChI=1S/C19H17FN4/c1-12-4-5-14(8-13(12)2)15-6-7-16(17(20)9-15)18-10-24-19(22-18)23(3)11-21-24/h4-11H,1-3H3. The zero-order valence-corrected chi connectivity index (χ0v) is 13.8. The summed E-state index contributed by atoms with van der Waals surface area (Å²) in [6.07, 6.45) is 3.41. The van der Waals surface area contributed by atoms with Gasteiger partial charge in [0.25, 0.3) is 0 Å². The summed E-state index contributed by atoms with van der Waals surface area (Å²) in [6.45, 7) is 4.13. The van der Waals surface area contributed by atoms with Crippen molar-refractivity contribution in [1.82, 2.24) is 19.2 Å². The third-order valence-corrected chi connectivity index (χ3v) is 4.42. The number of imidazole rings is 1. The Kier molecular flexibility index (Phi) is 3.23. The predicted octanol–water partition coefficient (Wildman–Crippen LogP) is 4.16. The van der Waals surface area contributed by atoms with Crippen molar-refractivity contribution in [3.05, 3.63) is 65.9 Å². The Labute approximate surface area is 139 Å². The number of hydrogen-bond acceptors (Lipinski definition) is 2. The zero-order chi connectivity index (χ0) is 16.8. The molecule has 4 nitrogen and oxygen atoms in total. The summed E-state index contributed by atoms with van der Waals surface area (Å²) in [4.78, 5) is 4.45. The van der Waals surface area contributed by atoms with Gasteiger partial charge in [-0.25, -0.2) is 13.9 Å². The van der Waals surface area contributed by atoms with Crippen LogP contribution in [0.1, 0.15) is 11.1 Å². The molecule has 0 aliphatic heterocycles. The molecule has 5 heteroatoms. The van der Waals surface area contributed by atoms with E-state index in [9.17, 15) is 4.39 Å². The molecule has 0 atom stereocenters. The van der Waals surface area contributed by atoms with Gasteiger partial charge in [0.05, 0.1) is 11.9 Å². The average Bonchev–Trinajstić information content (AvgIpc) is 3.12. The Hall–Kier alpha value is -2.95. The van der Waals surface area contributed by atoms with Gasteiger partial charge in [-0.15, -0.1) is 0 Å². The van der Waals surface area contributed by atoms with Gasteiger partial charge in [-0.05, 0) is 48.2 Å². The molecule has 4 rings (SSSR count). The number of nitrogens with zero attached hydrogens (tertiary/aromatic N) is 4. The third-order valence-electron chi connectivity index (χ3n) is 4.42. The highest BCUT2D eigenvalue weighted by Crippen LogP contribution is 2.28. The van der Waals surface area contributed by atoms with Crippen molar-refractivity contribution in [3.8, 4) is 22.4 Å². The molecule has 0 radical (unpaired) electrons. The van der Waals surface area contributed by atoms with E-state index in [4.69, 9.17) is 0 Å². The first kappa shape index (κ1) is 14.6. The van der Waals surface area contributed by atoms with Crippen molar-refractivity contribution < 1.29 is 4.39 Å². The summed E-state index contributed by atoms with van der Waals surface area (Å²) >= 11 is 0. The van der Waals surface area contributed by atoms with E-state index in [1.807, 2.05) is 19.2 Å². The maximum absolute atomic E-state index is 14.7. The number of aromatic nitrogens is 4. The lowest BCUT2D eigenvalue weighted by atomic mass is 9.99. The van der Waals surface area contributed by atoms with E-state index < -0.39 is 0 Å². The fourth-order valence-electron chi connectivity index (χ4n) is 2.82. The lowest BCUT2D eigenvalue weighted by molar-refractivity contribution is 0.631. The van der Waals surface area contributed by atoms with Gasteiger partial charge in [0.1, 0.15) is 12.1 Å². The molecule has 0 amide bonds. The smallest absolute Gasteiger partial charge is 0.232 e. The molecule has 0 aliphatic rings. The number of aryl methyl sites for hydroxylation is 3. The highest BCUT2D eigenvalue weighted by atomic mass is 19.1. The molecule has 2 aromatic heterocycles. The van der Waals surface area contributed by atoms with Crippen LogP contribution < -0.4 is 0 Å². The van der Waals surface area contributed by atoms with Gasteiger partial charge in [-0.2, -0.15) is 5.10 Å². The van der Waals surface area contributed by atoms with Gasteiger partial charge in [0, 0.05) is 12.6 Å². The van der Waals surface area contributed by atoms with Crippen molar-refractivity contribution in [1.29, 1.82) is 0 Å². The molecule has 0 aliphatic carbocycles. The van der Waals surface area contributed by atoms with E-state index in [1.54, 1.807) is 33.7 Å². The highest BCUT2D eigenvalue weighted by molar-refractivity contribution is 5.70. The first-order valence-electron chi connectivity index (χ1n) is 7.77. The van der Waals surface area contributed by atoms with Crippen molar-refractivity contribution >= 4 is 5.78 Å². The maximum atomic E-state index is 14.7. The Bertz CT molecular complexity index is 1060. The van der Waals surface area contributed by atoms with E-state index in [1.165, 1.54) is 11.1 Å². The van der Waals surface area contributed by atoms with Crippen LogP contribution in [0.4, 0.5) is 4.39 Å². The lowest BCUT2D eigenvalue weighted by Crippen LogP contribution is -1.89. The minimum atomic E-state index is -0.283. The molecule has 0 saturated carbocycles. The first-order valence-corrected chi connectivity index (χ1v) is 7.77. The van der Waals surface area contributed by atoms with Crippen molar-refractivity contribution in [3.63, 3.8) is 0 Å². The van der Waals surface area contributed by atoms with Crippen molar-refractivity contribution in [2.45, 2.75) is 13.8 Å². The van der Waals surface area contributed by atoms with E-state index in [0.29, 0.717) is 17.0 Å². The predicted molar refractivity (Wildman–Crippen MR) is 92.3 cm³/mol. The van der Waals surface area contributed by atoms with Crippen LogP contribution in [0.15, 0.2) is 48.9 Å². The molecule has 0 bridgehead atoms. The number of halogens is 1. The van der Waals surface area contributed by atoms with Crippen LogP contribution in [-0.2, 0) is 7.05 Å². The van der Waals surface area contributed by atoms with Gasteiger partial charge in [0.15, 0.2) is 0 Å². The van der Waals surface area contributed by atoms with Gasteiger partial charge >= 0.3 is 0 Å². The normalized spacial score (nSPS) is 11.3. The van der Waals surface area contributed by atoms with E-state index in [-0.39, 0.29) is 5.82 Å². The second kappa shape index (κ2) is 5.30. The summed E-state index contributed by atoms with van der Waals surface area (Å²) in [5, 5.41) is 4.17. The third kappa shape index (κ3) is 2.29. The molecule has 2 aromatic carbocycles. The highest BCUT2D eigenvalue weighted by Gasteiger charge is 2.13. The second-order valence-corrected chi connectivity index (χ2v) is 6.11. The topological polar surface area (TPSA) is 35.1 Å². The Morgan fingerprint density at radius 3 is 2.42 bits per heavy atom. The number of rotatable bonds is 2. The number of fused-ring (bicyclic) bond motifs is 1. The van der Waals surface area contributed by atoms with E-state index in [2.05, 4.69) is 36.1 Å². The van der Waals surface area contributed by atoms with E-state index >= 15 is 0 Å². The number of hydrogen-bond donors (Lipinski definition) is 0. The molecular formula is C19H17FN4. The fraction of sp³-hybridized carbons (Fsp3) is 0.158. The number of benzene rings is 2. The van der Waals surface area contributed by atoms with Crippen LogP contribution >= 0.6 is 0 Å².